The Balaban J connectivity index is 1.15. The number of piperazine rings is 1. The van der Waals surface area contributed by atoms with Crippen LogP contribution in [0.5, 0.6) is 5.75 Å². The molecule has 2 aliphatic rings. The van der Waals surface area contributed by atoms with E-state index in [9.17, 15) is 14.4 Å². The monoisotopic (exact) mass is 537 g/mol. The van der Waals surface area contributed by atoms with Gasteiger partial charge in [-0.25, -0.2) is 0 Å². The number of carbonyl (C=O) groups excluding carboxylic acids is 3. The van der Waals surface area contributed by atoms with Gasteiger partial charge >= 0.3 is 0 Å². The summed E-state index contributed by atoms with van der Waals surface area (Å²) in [5.41, 5.74) is 8.61. The highest BCUT2D eigenvalue weighted by Crippen LogP contribution is 2.38. The summed E-state index contributed by atoms with van der Waals surface area (Å²) in [5.74, 6) is -1.02. The summed E-state index contributed by atoms with van der Waals surface area (Å²) in [5, 5.41) is 11.8. The molecule has 0 bridgehead atoms. The number of hydrogen-bond acceptors (Lipinski definition) is 6. The predicted octanol–water partition coefficient (Wildman–Crippen LogP) is 3.55. The van der Waals surface area contributed by atoms with Gasteiger partial charge in [-0.2, -0.15) is 5.26 Å². The fourth-order valence-corrected chi connectivity index (χ4v) is 5.17. The van der Waals surface area contributed by atoms with E-state index in [4.69, 9.17) is 15.7 Å². The minimum Gasteiger partial charge on any atom is -0.487 e. The number of benzene rings is 3. The molecule has 2 fully saturated rings. The number of para-hydroxylation sites is 1. The van der Waals surface area contributed by atoms with Gasteiger partial charge in [-0.05, 0) is 54.8 Å². The lowest BCUT2D eigenvalue weighted by Crippen LogP contribution is -2.52. The summed E-state index contributed by atoms with van der Waals surface area (Å²) in [6.07, 6.45) is 0.916. The second-order valence-electron chi connectivity index (χ2n) is 10.1. The SMILES string of the molecule is N#Cc1ccc(N2CCN(C(=O)C3CC(C(=O)Nc4c(OCc5ccccc5)cccc4C(N)=O)C3)CC2)cc1. The minimum absolute atomic E-state index is 0.0768. The molecular weight excluding hydrogens is 506 g/mol. The number of amides is 3. The van der Waals surface area contributed by atoms with Crippen LogP contribution in [0.25, 0.3) is 0 Å². The molecule has 40 heavy (non-hydrogen) atoms. The van der Waals surface area contributed by atoms with Crippen molar-refractivity contribution in [2.75, 3.05) is 36.4 Å². The van der Waals surface area contributed by atoms with Crippen LogP contribution in [0.1, 0.15) is 34.3 Å². The molecule has 3 aromatic rings. The van der Waals surface area contributed by atoms with Gasteiger partial charge in [0.25, 0.3) is 5.91 Å². The number of anilines is 2. The highest BCUT2D eigenvalue weighted by molar-refractivity contribution is 6.05. The van der Waals surface area contributed by atoms with Gasteiger partial charge in [-0.3, -0.25) is 14.4 Å². The number of carbonyl (C=O) groups is 3. The van der Waals surface area contributed by atoms with Crippen molar-refractivity contribution in [2.45, 2.75) is 19.4 Å². The molecule has 204 valence electrons. The Labute approximate surface area is 233 Å². The van der Waals surface area contributed by atoms with E-state index < -0.39 is 5.91 Å². The first-order valence-electron chi connectivity index (χ1n) is 13.4. The molecule has 1 saturated heterocycles. The fraction of sp³-hybridized carbons (Fsp3) is 0.290. The van der Waals surface area contributed by atoms with E-state index in [0.29, 0.717) is 50.3 Å². The second-order valence-corrected chi connectivity index (χ2v) is 10.1. The second kappa shape index (κ2) is 11.9. The molecule has 1 heterocycles. The van der Waals surface area contributed by atoms with Gasteiger partial charge in [-0.15, -0.1) is 0 Å². The van der Waals surface area contributed by atoms with Gasteiger partial charge in [0, 0.05) is 43.7 Å². The number of nitriles is 1. The molecule has 0 unspecified atom stereocenters. The number of hydrogen-bond donors (Lipinski definition) is 2. The number of nitrogens with one attached hydrogen (secondary N) is 1. The fourth-order valence-electron chi connectivity index (χ4n) is 5.17. The van der Waals surface area contributed by atoms with Crippen molar-refractivity contribution in [3.63, 3.8) is 0 Å². The number of ether oxygens (including phenoxy) is 1. The number of primary amides is 1. The van der Waals surface area contributed by atoms with Crippen molar-refractivity contribution in [1.82, 2.24) is 4.90 Å². The third-order valence-corrected chi connectivity index (χ3v) is 7.59. The number of nitrogens with two attached hydrogens (primary N) is 1. The predicted molar refractivity (Wildman–Crippen MR) is 151 cm³/mol. The van der Waals surface area contributed by atoms with Crippen LogP contribution in [-0.2, 0) is 16.2 Å². The van der Waals surface area contributed by atoms with Crippen LogP contribution in [0.2, 0.25) is 0 Å². The van der Waals surface area contributed by atoms with Crippen molar-refractivity contribution in [3.05, 3.63) is 89.5 Å². The van der Waals surface area contributed by atoms with Crippen molar-refractivity contribution >= 4 is 29.1 Å². The summed E-state index contributed by atoms with van der Waals surface area (Å²) >= 11 is 0. The molecule has 0 atom stereocenters. The molecule has 9 heteroatoms. The zero-order chi connectivity index (χ0) is 28.1. The van der Waals surface area contributed by atoms with Crippen LogP contribution < -0.4 is 20.7 Å². The molecule has 3 amide bonds. The van der Waals surface area contributed by atoms with Crippen LogP contribution in [0.4, 0.5) is 11.4 Å². The molecule has 1 aliphatic carbocycles. The Kier molecular flexibility index (Phi) is 7.97. The lowest BCUT2D eigenvalue weighted by Gasteiger charge is -2.41. The summed E-state index contributed by atoms with van der Waals surface area (Å²) < 4.78 is 5.94. The third-order valence-electron chi connectivity index (χ3n) is 7.59. The Morgan fingerprint density at radius 2 is 1.60 bits per heavy atom. The summed E-state index contributed by atoms with van der Waals surface area (Å²) in [6.45, 7) is 2.92. The molecule has 0 spiro atoms. The van der Waals surface area contributed by atoms with Crippen molar-refractivity contribution < 1.29 is 19.1 Å². The zero-order valence-corrected chi connectivity index (χ0v) is 22.1. The van der Waals surface area contributed by atoms with Gasteiger partial charge in [0.1, 0.15) is 12.4 Å². The van der Waals surface area contributed by atoms with Crippen molar-refractivity contribution in [3.8, 4) is 11.8 Å². The van der Waals surface area contributed by atoms with E-state index in [0.717, 1.165) is 11.3 Å². The normalized spacial score (nSPS) is 18.3. The molecular formula is C31H31N5O4. The van der Waals surface area contributed by atoms with Gasteiger partial charge in [0.15, 0.2) is 0 Å². The number of nitrogens with zero attached hydrogens (tertiary/aromatic N) is 3. The Morgan fingerprint density at radius 1 is 0.900 bits per heavy atom. The van der Waals surface area contributed by atoms with E-state index in [1.165, 1.54) is 0 Å². The first-order chi connectivity index (χ1) is 19.4. The van der Waals surface area contributed by atoms with E-state index in [1.54, 1.807) is 30.3 Å². The Morgan fingerprint density at radius 3 is 2.25 bits per heavy atom. The molecule has 1 saturated carbocycles. The maximum absolute atomic E-state index is 13.1. The molecule has 0 aromatic heterocycles. The molecule has 0 radical (unpaired) electrons. The summed E-state index contributed by atoms with van der Waals surface area (Å²) in [4.78, 5) is 42.4. The van der Waals surface area contributed by atoms with Gasteiger partial charge in [-0.1, -0.05) is 36.4 Å². The molecule has 3 N–H and O–H groups in total. The molecule has 9 nitrogen and oxygen atoms in total. The first kappa shape index (κ1) is 26.8. The average molecular weight is 538 g/mol. The zero-order valence-electron chi connectivity index (χ0n) is 22.1. The van der Waals surface area contributed by atoms with Crippen LogP contribution >= 0.6 is 0 Å². The summed E-state index contributed by atoms with van der Waals surface area (Å²) in [7, 11) is 0. The van der Waals surface area contributed by atoms with E-state index in [2.05, 4.69) is 16.3 Å². The van der Waals surface area contributed by atoms with E-state index >= 15 is 0 Å². The molecule has 3 aromatic carbocycles. The van der Waals surface area contributed by atoms with Gasteiger partial charge in [0.2, 0.25) is 11.8 Å². The van der Waals surface area contributed by atoms with Crippen molar-refractivity contribution in [2.24, 2.45) is 17.6 Å². The van der Waals surface area contributed by atoms with E-state index in [1.807, 2.05) is 47.4 Å². The minimum atomic E-state index is -0.665. The number of rotatable bonds is 8. The quantitative estimate of drug-likeness (QED) is 0.452. The smallest absolute Gasteiger partial charge is 0.250 e. The van der Waals surface area contributed by atoms with Crippen LogP contribution in [0, 0.1) is 23.2 Å². The maximum atomic E-state index is 13.1. The van der Waals surface area contributed by atoms with E-state index in [-0.39, 0.29) is 41.5 Å². The first-order valence-corrected chi connectivity index (χ1v) is 13.4. The molecule has 5 rings (SSSR count). The standard InChI is InChI=1S/C31H31N5O4/c32-19-21-9-11-25(12-10-21)35-13-15-36(16-14-35)31(39)24-17-23(18-24)30(38)34-28-26(29(33)37)7-4-8-27(28)40-20-22-5-2-1-3-6-22/h1-12,23-24H,13-18,20H2,(H2,33,37)(H,34,38). The summed E-state index contributed by atoms with van der Waals surface area (Å²) in [6, 6.07) is 24.1. The van der Waals surface area contributed by atoms with Gasteiger partial charge in [0.05, 0.1) is 22.9 Å². The highest BCUT2D eigenvalue weighted by Gasteiger charge is 2.41. The lowest BCUT2D eigenvalue weighted by atomic mass is 9.73. The van der Waals surface area contributed by atoms with Crippen LogP contribution in [-0.4, -0.2) is 48.8 Å². The third kappa shape index (κ3) is 5.91. The topological polar surface area (TPSA) is 129 Å². The lowest BCUT2D eigenvalue weighted by molar-refractivity contribution is -0.142. The Hall–Kier alpha value is -4.84. The molecule has 1 aliphatic heterocycles. The highest BCUT2D eigenvalue weighted by atomic mass is 16.5. The maximum Gasteiger partial charge on any atom is 0.250 e. The largest absolute Gasteiger partial charge is 0.487 e. The van der Waals surface area contributed by atoms with Crippen LogP contribution in [0.3, 0.4) is 0 Å². The average Bonchev–Trinajstić information content (AvgIpc) is 2.96. The van der Waals surface area contributed by atoms with Crippen LogP contribution in [0.15, 0.2) is 72.8 Å². The van der Waals surface area contributed by atoms with Gasteiger partial charge < -0.3 is 25.6 Å². The van der Waals surface area contributed by atoms with Crippen molar-refractivity contribution in [1.29, 1.82) is 5.26 Å². The Bertz CT molecular complexity index is 1420.